The predicted octanol–water partition coefficient (Wildman–Crippen LogP) is 3.20. The third kappa shape index (κ3) is 4.59. The molecule has 0 saturated heterocycles. The van der Waals surface area contributed by atoms with Crippen molar-refractivity contribution >= 4 is 15.9 Å². The Bertz CT molecular complexity index is 359. The predicted molar refractivity (Wildman–Crippen MR) is 78.2 cm³/mol. The Morgan fingerprint density at radius 3 is 2.39 bits per heavy atom. The van der Waals surface area contributed by atoms with Crippen LogP contribution in [0.25, 0.3) is 0 Å². The summed E-state index contributed by atoms with van der Waals surface area (Å²) in [5.74, 6) is 0.903. The molecule has 4 heteroatoms. The van der Waals surface area contributed by atoms with Crippen molar-refractivity contribution in [2.45, 2.75) is 33.3 Å². The second-order valence-corrected chi connectivity index (χ2v) is 5.11. The zero-order chi connectivity index (χ0) is 13.5. The van der Waals surface area contributed by atoms with Crippen molar-refractivity contribution in [1.29, 1.82) is 0 Å². The maximum atomic E-state index is 5.74. The summed E-state index contributed by atoms with van der Waals surface area (Å²) >= 11 is 3.54. The molecular formula is C14H22BrNO2. The van der Waals surface area contributed by atoms with Crippen molar-refractivity contribution in [3.63, 3.8) is 0 Å². The van der Waals surface area contributed by atoms with Crippen LogP contribution >= 0.6 is 15.9 Å². The summed E-state index contributed by atoms with van der Waals surface area (Å²) in [6.07, 6.45) is 0.908. The summed E-state index contributed by atoms with van der Waals surface area (Å²) in [5, 5.41) is 0. The Balaban J connectivity index is 2.48. The number of halogens is 1. The maximum Gasteiger partial charge on any atom is 0.119 e. The van der Waals surface area contributed by atoms with Crippen LogP contribution in [0.3, 0.4) is 0 Å². The van der Waals surface area contributed by atoms with E-state index in [1.807, 2.05) is 19.1 Å². The molecule has 1 aromatic rings. The lowest BCUT2D eigenvalue weighted by Gasteiger charge is -2.15. The molecule has 0 saturated carbocycles. The molecule has 0 spiro atoms. The topological polar surface area (TPSA) is 44.5 Å². The average Bonchev–Trinajstić information content (AvgIpc) is 2.34. The molecule has 2 N–H and O–H groups in total. The summed E-state index contributed by atoms with van der Waals surface area (Å²) in [6, 6.07) is 4.07. The van der Waals surface area contributed by atoms with E-state index in [1.165, 1.54) is 11.1 Å². The Morgan fingerprint density at radius 2 is 1.89 bits per heavy atom. The molecule has 0 radical (unpaired) electrons. The van der Waals surface area contributed by atoms with Gasteiger partial charge < -0.3 is 15.2 Å². The molecular weight excluding hydrogens is 294 g/mol. The molecule has 18 heavy (non-hydrogen) atoms. The van der Waals surface area contributed by atoms with Crippen LogP contribution in [0, 0.1) is 13.8 Å². The third-order valence-electron chi connectivity index (χ3n) is 2.78. The van der Waals surface area contributed by atoms with Crippen LogP contribution in [-0.4, -0.2) is 25.9 Å². The van der Waals surface area contributed by atoms with Gasteiger partial charge in [0.05, 0.1) is 12.7 Å². The van der Waals surface area contributed by atoms with Crippen LogP contribution in [0.5, 0.6) is 5.75 Å². The fourth-order valence-corrected chi connectivity index (χ4v) is 2.03. The second kappa shape index (κ2) is 7.77. The highest BCUT2D eigenvalue weighted by Gasteiger charge is 2.07. The van der Waals surface area contributed by atoms with Crippen molar-refractivity contribution < 1.29 is 9.47 Å². The zero-order valence-corrected chi connectivity index (χ0v) is 12.9. The molecule has 1 unspecified atom stereocenters. The Kier molecular flexibility index (Phi) is 6.68. The normalized spacial score (nSPS) is 12.5. The van der Waals surface area contributed by atoms with Gasteiger partial charge >= 0.3 is 0 Å². The van der Waals surface area contributed by atoms with Gasteiger partial charge in [-0.1, -0.05) is 15.9 Å². The Morgan fingerprint density at radius 1 is 1.28 bits per heavy atom. The van der Waals surface area contributed by atoms with E-state index in [9.17, 15) is 0 Å². The molecule has 0 heterocycles. The van der Waals surface area contributed by atoms with E-state index in [1.54, 1.807) is 0 Å². The van der Waals surface area contributed by atoms with E-state index in [-0.39, 0.29) is 6.10 Å². The van der Waals surface area contributed by atoms with Gasteiger partial charge in [-0.05, 0) is 44.0 Å². The highest BCUT2D eigenvalue weighted by Crippen LogP contribution is 2.26. The molecule has 1 rings (SSSR count). The summed E-state index contributed by atoms with van der Waals surface area (Å²) in [4.78, 5) is 0. The molecule has 0 aliphatic rings. The molecule has 0 aliphatic heterocycles. The third-order valence-corrected chi connectivity index (χ3v) is 4.03. The van der Waals surface area contributed by atoms with Crippen molar-refractivity contribution in [3.8, 4) is 5.75 Å². The van der Waals surface area contributed by atoms with E-state index in [0.29, 0.717) is 19.8 Å². The summed E-state index contributed by atoms with van der Waals surface area (Å²) in [6.45, 7) is 7.96. The van der Waals surface area contributed by atoms with Crippen molar-refractivity contribution in [3.05, 3.63) is 27.7 Å². The molecule has 0 aromatic heterocycles. The van der Waals surface area contributed by atoms with Crippen LogP contribution < -0.4 is 10.5 Å². The molecule has 3 nitrogen and oxygen atoms in total. The molecule has 0 fully saturated rings. The monoisotopic (exact) mass is 315 g/mol. The highest BCUT2D eigenvalue weighted by atomic mass is 79.9. The number of hydrogen-bond donors (Lipinski definition) is 1. The first-order valence-electron chi connectivity index (χ1n) is 6.29. The molecule has 0 bridgehead atoms. The van der Waals surface area contributed by atoms with Gasteiger partial charge in [-0.3, -0.25) is 0 Å². The summed E-state index contributed by atoms with van der Waals surface area (Å²) < 4.78 is 12.4. The van der Waals surface area contributed by atoms with Crippen molar-refractivity contribution in [2.24, 2.45) is 5.73 Å². The number of ether oxygens (including phenoxy) is 2. The van der Waals surface area contributed by atoms with Crippen LogP contribution in [-0.2, 0) is 4.74 Å². The van der Waals surface area contributed by atoms with Gasteiger partial charge in [0.25, 0.3) is 0 Å². The van der Waals surface area contributed by atoms with Gasteiger partial charge in [-0.15, -0.1) is 0 Å². The standard InChI is InChI=1S/C14H22BrNO2/c1-4-17-12(9-16)5-6-18-13-7-10(2)14(15)11(3)8-13/h7-8,12H,4-6,9,16H2,1-3H3. The fourth-order valence-electron chi connectivity index (χ4n) is 1.80. The number of aryl methyl sites for hydroxylation is 2. The molecule has 0 amide bonds. The maximum absolute atomic E-state index is 5.74. The molecule has 1 aromatic carbocycles. The lowest BCUT2D eigenvalue weighted by Crippen LogP contribution is -2.25. The van der Waals surface area contributed by atoms with Crippen LogP contribution in [0.15, 0.2) is 16.6 Å². The number of benzene rings is 1. The van der Waals surface area contributed by atoms with Gasteiger partial charge in [-0.2, -0.15) is 0 Å². The quantitative estimate of drug-likeness (QED) is 0.840. The minimum Gasteiger partial charge on any atom is -0.493 e. The first-order chi connectivity index (χ1) is 8.58. The smallest absolute Gasteiger partial charge is 0.119 e. The van der Waals surface area contributed by atoms with Gasteiger partial charge in [0.15, 0.2) is 0 Å². The average molecular weight is 316 g/mol. The Labute approximate surface area is 118 Å². The zero-order valence-electron chi connectivity index (χ0n) is 11.3. The van der Waals surface area contributed by atoms with E-state index in [0.717, 1.165) is 16.6 Å². The van der Waals surface area contributed by atoms with Crippen LogP contribution in [0.1, 0.15) is 24.5 Å². The lowest BCUT2D eigenvalue weighted by atomic mass is 10.1. The minimum absolute atomic E-state index is 0.0904. The second-order valence-electron chi connectivity index (χ2n) is 4.32. The van der Waals surface area contributed by atoms with Crippen LogP contribution in [0.4, 0.5) is 0 Å². The van der Waals surface area contributed by atoms with E-state index in [2.05, 4.69) is 29.8 Å². The fraction of sp³-hybridized carbons (Fsp3) is 0.571. The van der Waals surface area contributed by atoms with E-state index >= 15 is 0 Å². The first kappa shape index (κ1) is 15.5. The highest BCUT2D eigenvalue weighted by molar-refractivity contribution is 9.10. The van der Waals surface area contributed by atoms with Crippen LogP contribution in [0.2, 0.25) is 0 Å². The summed E-state index contributed by atoms with van der Waals surface area (Å²) in [7, 11) is 0. The number of rotatable bonds is 7. The van der Waals surface area contributed by atoms with Gasteiger partial charge in [0.1, 0.15) is 5.75 Å². The van der Waals surface area contributed by atoms with Gasteiger partial charge in [-0.25, -0.2) is 0 Å². The molecule has 0 aliphatic carbocycles. The van der Waals surface area contributed by atoms with Gasteiger partial charge in [0, 0.05) is 24.0 Å². The molecule has 102 valence electrons. The van der Waals surface area contributed by atoms with Crippen molar-refractivity contribution in [2.75, 3.05) is 19.8 Å². The SMILES string of the molecule is CCOC(CN)CCOc1cc(C)c(Br)c(C)c1. The number of nitrogens with two attached hydrogens (primary N) is 1. The largest absolute Gasteiger partial charge is 0.493 e. The molecule has 1 atom stereocenters. The van der Waals surface area contributed by atoms with E-state index < -0.39 is 0 Å². The van der Waals surface area contributed by atoms with E-state index in [4.69, 9.17) is 15.2 Å². The number of hydrogen-bond acceptors (Lipinski definition) is 3. The summed E-state index contributed by atoms with van der Waals surface area (Å²) in [5.41, 5.74) is 7.99. The van der Waals surface area contributed by atoms with Gasteiger partial charge in [0.2, 0.25) is 0 Å². The minimum atomic E-state index is 0.0904. The Hall–Kier alpha value is -0.580. The lowest BCUT2D eigenvalue weighted by molar-refractivity contribution is 0.0527. The van der Waals surface area contributed by atoms with Crippen molar-refractivity contribution in [1.82, 2.24) is 0 Å². The first-order valence-corrected chi connectivity index (χ1v) is 7.09.